The zero-order valence-electron chi connectivity index (χ0n) is 15.0. The van der Waals surface area contributed by atoms with E-state index in [0.29, 0.717) is 17.1 Å². The second-order valence-corrected chi connectivity index (χ2v) is 6.74. The van der Waals surface area contributed by atoms with Crippen LogP contribution in [0.5, 0.6) is 11.5 Å². The van der Waals surface area contributed by atoms with Crippen molar-refractivity contribution in [3.8, 4) is 11.5 Å². The summed E-state index contributed by atoms with van der Waals surface area (Å²) in [6.45, 7) is 1.87. The van der Waals surface area contributed by atoms with Crippen LogP contribution in [0.25, 0.3) is 0 Å². The van der Waals surface area contributed by atoms with Crippen LogP contribution >= 0.6 is 15.9 Å². The van der Waals surface area contributed by atoms with Crippen LogP contribution in [-0.2, 0) is 4.79 Å². The molecule has 2 aromatic carbocycles. The minimum atomic E-state index is -0.268. The fourth-order valence-corrected chi connectivity index (χ4v) is 2.84. The number of rotatable bonds is 8. The number of benzene rings is 2. The Labute approximate surface area is 161 Å². The Morgan fingerprint density at radius 3 is 2.35 bits per heavy atom. The Kier molecular flexibility index (Phi) is 7.21. The minimum absolute atomic E-state index is 0.0562. The predicted molar refractivity (Wildman–Crippen MR) is 104 cm³/mol. The molecule has 5 nitrogen and oxygen atoms in total. The number of ether oxygens (including phenoxy) is 2. The van der Waals surface area contributed by atoms with E-state index in [1.807, 2.05) is 25.1 Å². The number of hydrogen-bond donors (Lipinski definition) is 1. The molecule has 0 aromatic heterocycles. The molecular formula is C20H22BrNO4. The quantitative estimate of drug-likeness (QED) is 0.647. The summed E-state index contributed by atoms with van der Waals surface area (Å²) >= 11 is 3.33. The topological polar surface area (TPSA) is 64.6 Å². The van der Waals surface area contributed by atoms with Gasteiger partial charge in [-0.1, -0.05) is 28.1 Å². The molecule has 0 heterocycles. The summed E-state index contributed by atoms with van der Waals surface area (Å²) in [5, 5.41) is 2.90. The van der Waals surface area contributed by atoms with Gasteiger partial charge in [0, 0.05) is 28.4 Å². The van der Waals surface area contributed by atoms with E-state index in [2.05, 4.69) is 21.2 Å². The summed E-state index contributed by atoms with van der Waals surface area (Å²) in [5.74, 6) is 1.11. The Morgan fingerprint density at radius 2 is 1.73 bits per heavy atom. The van der Waals surface area contributed by atoms with Gasteiger partial charge in [0.2, 0.25) is 5.91 Å². The highest BCUT2D eigenvalue weighted by molar-refractivity contribution is 9.10. The predicted octanol–water partition coefficient (Wildman–Crippen LogP) is 4.31. The maximum Gasteiger partial charge on any atom is 0.220 e. The van der Waals surface area contributed by atoms with Gasteiger partial charge in [-0.15, -0.1) is 0 Å². The maximum atomic E-state index is 12.2. The number of carbonyl (C=O) groups is 2. The lowest BCUT2D eigenvalue weighted by molar-refractivity contribution is -0.121. The zero-order valence-corrected chi connectivity index (χ0v) is 16.6. The van der Waals surface area contributed by atoms with E-state index in [4.69, 9.17) is 9.47 Å². The van der Waals surface area contributed by atoms with Crippen LogP contribution in [-0.4, -0.2) is 25.9 Å². The van der Waals surface area contributed by atoms with Gasteiger partial charge in [0.1, 0.15) is 11.5 Å². The fraction of sp³-hybridized carbons (Fsp3) is 0.300. The maximum absolute atomic E-state index is 12.2. The summed E-state index contributed by atoms with van der Waals surface area (Å²) in [7, 11) is 3.17. The molecular weight excluding hydrogens is 398 g/mol. The molecule has 0 aliphatic carbocycles. The Morgan fingerprint density at radius 1 is 1.04 bits per heavy atom. The van der Waals surface area contributed by atoms with Crippen molar-refractivity contribution >= 4 is 27.6 Å². The van der Waals surface area contributed by atoms with Crippen molar-refractivity contribution in [2.45, 2.75) is 25.8 Å². The van der Waals surface area contributed by atoms with Gasteiger partial charge in [0.25, 0.3) is 0 Å². The number of nitrogens with one attached hydrogen (secondary N) is 1. The van der Waals surface area contributed by atoms with Crippen molar-refractivity contribution in [3.63, 3.8) is 0 Å². The Balaban J connectivity index is 1.95. The summed E-state index contributed by atoms with van der Waals surface area (Å²) in [6.07, 6.45) is 0.293. The number of ketones is 1. The highest BCUT2D eigenvalue weighted by Gasteiger charge is 2.16. The largest absolute Gasteiger partial charge is 0.497 e. The summed E-state index contributed by atoms with van der Waals surface area (Å²) < 4.78 is 11.5. The van der Waals surface area contributed by atoms with E-state index >= 15 is 0 Å². The van der Waals surface area contributed by atoms with Gasteiger partial charge in [-0.05, 0) is 37.3 Å². The lowest BCUT2D eigenvalue weighted by atomic mass is 10.0. The number of halogens is 1. The lowest BCUT2D eigenvalue weighted by Crippen LogP contribution is -2.27. The lowest BCUT2D eigenvalue weighted by Gasteiger charge is -2.18. The van der Waals surface area contributed by atoms with Gasteiger partial charge in [-0.3, -0.25) is 9.59 Å². The van der Waals surface area contributed by atoms with E-state index in [9.17, 15) is 9.59 Å². The molecule has 6 heteroatoms. The van der Waals surface area contributed by atoms with Crippen molar-refractivity contribution < 1.29 is 19.1 Å². The molecule has 0 radical (unpaired) electrons. The smallest absolute Gasteiger partial charge is 0.220 e. The number of carbonyl (C=O) groups excluding carboxylic acids is 2. The molecule has 1 atom stereocenters. The van der Waals surface area contributed by atoms with Crippen molar-refractivity contribution in [2.75, 3.05) is 14.2 Å². The molecule has 138 valence electrons. The molecule has 0 bridgehead atoms. The third kappa shape index (κ3) is 5.33. The van der Waals surface area contributed by atoms with Crippen molar-refractivity contribution in [1.82, 2.24) is 5.32 Å². The molecule has 0 aliphatic heterocycles. The van der Waals surface area contributed by atoms with E-state index < -0.39 is 0 Å². The Bertz CT molecular complexity index is 774. The minimum Gasteiger partial charge on any atom is -0.497 e. The third-order valence-electron chi connectivity index (χ3n) is 4.03. The van der Waals surface area contributed by atoms with Crippen LogP contribution in [0.2, 0.25) is 0 Å². The molecule has 0 spiro atoms. The normalized spacial score (nSPS) is 11.5. The first-order chi connectivity index (χ1) is 12.4. The van der Waals surface area contributed by atoms with Gasteiger partial charge in [-0.25, -0.2) is 0 Å². The van der Waals surface area contributed by atoms with Crippen LogP contribution in [0.1, 0.15) is 41.7 Å². The first-order valence-electron chi connectivity index (χ1n) is 8.24. The van der Waals surface area contributed by atoms with E-state index in [0.717, 1.165) is 10.0 Å². The van der Waals surface area contributed by atoms with Crippen LogP contribution in [0, 0.1) is 0 Å². The number of methoxy groups -OCH3 is 2. The van der Waals surface area contributed by atoms with Crippen LogP contribution in [0.4, 0.5) is 0 Å². The first-order valence-corrected chi connectivity index (χ1v) is 9.04. The zero-order chi connectivity index (χ0) is 19.1. The van der Waals surface area contributed by atoms with E-state index in [1.165, 1.54) is 0 Å². The van der Waals surface area contributed by atoms with Gasteiger partial charge in [-0.2, -0.15) is 0 Å². The summed E-state index contributed by atoms with van der Waals surface area (Å²) in [4.78, 5) is 24.4. The van der Waals surface area contributed by atoms with Crippen molar-refractivity contribution in [1.29, 1.82) is 0 Å². The molecule has 2 aromatic rings. The average molecular weight is 420 g/mol. The van der Waals surface area contributed by atoms with Gasteiger partial charge >= 0.3 is 0 Å². The number of Topliss-reactive ketones (excluding diaryl/α,β-unsaturated/α-hetero) is 1. The first kappa shape index (κ1) is 20.0. The number of amides is 1. The Hall–Kier alpha value is -2.34. The molecule has 26 heavy (non-hydrogen) atoms. The molecule has 1 N–H and O–H groups in total. The SMILES string of the molecule is COc1ccc(OC)c([C@@H](C)NC(=O)CCC(=O)c2ccc(Br)cc2)c1. The molecule has 0 unspecified atom stereocenters. The standard InChI is InChI=1S/C20H22BrNO4/c1-13(17-12-16(25-2)8-10-19(17)26-3)22-20(24)11-9-18(23)14-4-6-15(21)7-5-14/h4-8,10,12-13H,9,11H2,1-3H3,(H,22,24)/t13-/m1/s1. The molecule has 0 saturated carbocycles. The van der Waals surface area contributed by atoms with Crippen molar-refractivity contribution in [2.24, 2.45) is 0 Å². The van der Waals surface area contributed by atoms with E-state index in [1.54, 1.807) is 38.5 Å². The van der Waals surface area contributed by atoms with Crippen LogP contribution in [0.15, 0.2) is 46.9 Å². The highest BCUT2D eigenvalue weighted by Crippen LogP contribution is 2.29. The average Bonchev–Trinajstić information content (AvgIpc) is 2.66. The number of hydrogen-bond acceptors (Lipinski definition) is 4. The van der Waals surface area contributed by atoms with Gasteiger partial charge in [0.05, 0.1) is 20.3 Å². The molecule has 2 rings (SSSR count). The molecule has 0 aliphatic rings. The summed E-state index contributed by atoms with van der Waals surface area (Å²) in [6, 6.07) is 12.3. The molecule has 0 fully saturated rings. The second-order valence-electron chi connectivity index (χ2n) is 5.83. The third-order valence-corrected chi connectivity index (χ3v) is 4.55. The van der Waals surface area contributed by atoms with Crippen LogP contribution < -0.4 is 14.8 Å². The molecule has 0 saturated heterocycles. The highest BCUT2D eigenvalue weighted by atomic mass is 79.9. The molecule has 1 amide bonds. The monoisotopic (exact) mass is 419 g/mol. The van der Waals surface area contributed by atoms with E-state index in [-0.39, 0.29) is 30.6 Å². The fourth-order valence-electron chi connectivity index (χ4n) is 2.58. The van der Waals surface area contributed by atoms with Gasteiger partial charge < -0.3 is 14.8 Å². The van der Waals surface area contributed by atoms with Crippen LogP contribution in [0.3, 0.4) is 0 Å². The second kappa shape index (κ2) is 9.38. The summed E-state index contributed by atoms with van der Waals surface area (Å²) in [5.41, 5.74) is 1.42. The van der Waals surface area contributed by atoms with Crippen molar-refractivity contribution in [3.05, 3.63) is 58.1 Å². The van der Waals surface area contributed by atoms with Gasteiger partial charge in [0.15, 0.2) is 5.78 Å².